The van der Waals surface area contributed by atoms with Gasteiger partial charge in [0.1, 0.15) is 12.4 Å². The molecule has 39 heavy (non-hydrogen) atoms. The van der Waals surface area contributed by atoms with Crippen LogP contribution in [-0.2, 0) is 9.53 Å². The number of hydrogen-bond donors (Lipinski definition) is 2. The van der Waals surface area contributed by atoms with E-state index in [0.717, 1.165) is 39.6 Å². The number of pyridine rings is 1. The summed E-state index contributed by atoms with van der Waals surface area (Å²) in [5.41, 5.74) is 7.13. The summed E-state index contributed by atoms with van der Waals surface area (Å²) in [5.74, 6) is -0.504. The van der Waals surface area contributed by atoms with Gasteiger partial charge in [0.25, 0.3) is 0 Å². The smallest absolute Gasteiger partial charge is 0.250 e. The predicted molar refractivity (Wildman–Crippen MR) is 155 cm³/mol. The zero-order valence-electron chi connectivity index (χ0n) is 22.2. The highest BCUT2D eigenvalue weighted by Gasteiger charge is 2.42. The molecule has 2 aromatic carbocycles. The van der Waals surface area contributed by atoms with Crippen LogP contribution in [0.25, 0.3) is 5.69 Å². The van der Waals surface area contributed by atoms with Gasteiger partial charge in [0.2, 0.25) is 5.91 Å². The fourth-order valence-electron chi connectivity index (χ4n) is 5.30. The molecule has 1 amide bonds. The fourth-order valence-corrected chi connectivity index (χ4v) is 5.65. The predicted octanol–water partition coefficient (Wildman–Crippen LogP) is 5.70. The highest BCUT2D eigenvalue weighted by Crippen LogP contribution is 2.44. The number of rotatable bonds is 7. The third-order valence-electron chi connectivity index (χ3n) is 6.99. The molecule has 2 aromatic heterocycles. The first kappa shape index (κ1) is 26.5. The third kappa shape index (κ3) is 5.15. The van der Waals surface area contributed by atoms with Crippen molar-refractivity contribution in [1.82, 2.24) is 14.9 Å². The number of nitrogens with zero attached hydrogens (tertiary/aromatic N) is 3. The standard InChI is InChI=1S/C30H30FN5O2S/c1-18-14-23(11-12-25(18)33-27(37)17-38-4)36-29(28(34-30(36)39)26-10-5-6-13-32-26)24-15-19(2)35(20(24)3)22-9-7-8-21(31)16-22/h5-16,28-29H,17H2,1-4H3,(H,33,37)(H,34,39). The van der Waals surface area contributed by atoms with Gasteiger partial charge in [0.05, 0.1) is 17.8 Å². The molecule has 5 rings (SSSR count). The quantitative estimate of drug-likeness (QED) is 0.292. The van der Waals surface area contributed by atoms with Gasteiger partial charge in [-0.25, -0.2) is 4.39 Å². The number of anilines is 2. The van der Waals surface area contributed by atoms with E-state index in [2.05, 4.69) is 31.2 Å². The number of aromatic nitrogens is 2. The Morgan fingerprint density at radius 3 is 2.59 bits per heavy atom. The maximum Gasteiger partial charge on any atom is 0.250 e. The molecule has 0 spiro atoms. The number of thiocarbonyl (C=S) groups is 1. The largest absolute Gasteiger partial charge is 0.375 e. The van der Waals surface area contributed by atoms with Crippen LogP contribution in [0, 0.1) is 26.6 Å². The molecule has 2 unspecified atom stereocenters. The normalized spacial score (nSPS) is 16.8. The number of amides is 1. The highest BCUT2D eigenvalue weighted by molar-refractivity contribution is 7.80. The van der Waals surface area contributed by atoms with Crippen molar-refractivity contribution in [3.05, 3.63) is 107 Å². The minimum atomic E-state index is -0.286. The summed E-state index contributed by atoms with van der Waals surface area (Å²) in [6.07, 6.45) is 1.78. The van der Waals surface area contributed by atoms with Crippen molar-refractivity contribution in [2.24, 2.45) is 0 Å². The van der Waals surface area contributed by atoms with Crippen LogP contribution in [0.3, 0.4) is 0 Å². The number of aryl methyl sites for hydroxylation is 2. The molecule has 0 aliphatic carbocycles. The lowest BCUT2D eigenvalue weighted by Gasteiger charge is -2.29. The van der Waals surface area contributed by atoms with Gasteiger partial charge >= 0.3 is 0 Å². The monoisotopic (exact) mass is 543 g/mol. The molecule has 2 N–H and O–H groups in total. The van der Waals surface area contributed by atoms with Crippen molar-refractivity contribution < 1.29 is 13.9 Å². The van der Waals surface area contributed by atoms with E-state index in [0.29, 0.717) is 10.8 Å². The van der Waals surface area contributed by atoms with E-state index in [4.69, 9.17) is 17.0 Å². The molecule has 1 saturated heterocycles. The highest BCUT2D eigenvalue weighted by atomic mass is 32.1. The first-order chi connectivity index (χ1) is 18.8. The fraction of sp³-hybridized carbons (Fsp3) is 0.233. The van der Waals surface area contributed by atoms with Crippen LogP contribution in [0.2, 0.25) is 0 Å². The van der Waals surface area contributed by atoms with E-state index in [1.165, 1.54) is 19.2 Å². The Morgan fingerprint density at radius 1 is 1.08 bits per heavy atom. The van der Waals surface area contributed by atoms with Gasteiger partial charge in [-0.15, -0.1) is 0 Å². The molecule has 200 valence electrons. The van der Waals surface area contributed by atoms with Crippen LogP contribution in [0.4, 0.5) is 15.8 Å². The summed E-state index contributed by atoms with van der Waals surface area (Å²) in [4.78, 5) is 18.8. The molecule has 3 heterocycles. The second kappa shape index (κ2) is 11.0. The van der Waals surface area contributed by atoms with Crippen molar-refractivity contribution in [2.75, 3.05) is 23.9 Å². The number of halogens is 1. The SMILES string of the molecule is COCC(=O)Nc1ccc(N2C(=S)NC(c3ccccn3)C2c2cc(C)n(-c3cccc(F)c3)c2C)cc1C. The first-order valence-electron chi connectivity index (χ1n) is 12.6. The summed E-state index contributed by atoms with van der Waals surface area (Å²) in [7, 11) is 1.49. The molecule has 2 atom stereocenters. The minimum Gasteiger partial charge on any atom is -0.375 e. The molecular formula is C30H30FN5O2S. The van der Waals surface area contributed by atoms with E-state index < -0.39 is 0 Å². The van der Waals surface area contributed by atoms with Gasteiger partial charge in [0, 0.05) is 41.8 Å². The van der Waals surface area contributed by atoms with Gasteiger partial charge in [-0.2, -0.15) is 0 Å². The van der Waals surface area contributed by atoms with Crippen molar-refractivity contribution in [3.8, 4) is 5.69 Å². The van der Waals surface area contributed by atoms with Gasteiger partial charge in [-0.05, 0) is 98.7 Å². The zero-order valence-corrected chi connectivity index (χ0v) is 23.1. The lowest BCUT2D eigenvalue weighted by atomic mass is 9.96. The summed E-state index contributed by atoms with van der Waals surface area (Å²) >= 11 is 5.90. The number of ether oxygens (including phenoxy) is 1. The molecule has 0 saturated carbocycles. The summed E-state index contributed by atoms with van der Waals surface area (Å²) in [5, 5.41) is 6.95. The van der Waals surface area contributed by atoms with Crippen molar-refractivity contribution >= 4 is 34.6 Å². The summed E-state index contributed by atoms with van der Waals surface area (Å²) in [6, 6.07) is 20.0. The van der Waals surface area contributed by atoms with E-state index in [-0.39, 0.29) is 30.4 Å². The molecule has 9 heteroatoms. The van der Waals surface area contributed by atoms with Crippen LogP contribution >= 0.6 is 12.2 Å². The second-order valence-electron chi connectivity index (χ2n) is 9.62. The van der Waals surface area contributed by atoms with Crippen molar-refractivity contribution in [2.45, 2.75) is 32.9 Å². The van der Waals surface area contributed by atoms with E-state index in [1.54, 1.807) is 12.3 Å². The number of carbonyl (C=O) groups is 1. The van der Waals surface area contributed by atoms with Gasteiger partial charge in [0.15, 0.2) is 5.11 Å². The average Bonchev–Trinajstić information content (AvgIpc) is 3.40. The van der Waals surface area contributed by atoms with E-state index >= 15 is 0 Å². The number of nitrogens with one attached hydrogen (secondary N) is 2. The number of carbonyl (C=O) groups excluding carboxylic acids is 1. The Labute approximate surface area is 232 Å². The van der Waals surface area contributed by atoms with Gasteiger partial charge < -0.3 is 24.8 Å². The number of hydrogen-bond acceptors (Lipinski definition) is 4. The minimum absolute atomic E-state index is 0.0178. The maximum absolute atomic E-state index is 14.1. The van der Waals surface area contributed by atoms with Crippen LogP contribution in [0.1, 0.15) is 40.3 Å². The molecule has 1 aliphatic heterocycles. The third-order valence-corrected chi connectivity index (χ3v) is 7.31. The van der Waals surface area contributed by atoms with Crippen molar-refractivity contribution in [3.63, 3.8) is 0 Å². The van der Waals surface area contributed by atoms with Crippen LogP contribution in [-0.4, -0.2) is 34.3 Å². The van der Waals surface area contributed by atoms with Crippen LogP contribution in [0.15, 0.2) is 72.9 Å². The molecule has 0 radical (unpaired) electrons. The van der Waals surface area contributed by atoms with Crippen LogP contribution < -0.4 is 15.5 Å². The first-order valence-corrected chi connectivity index (χ1v) is 13.0. The van der Waals surface area contributed by atoms with E-state index in [1.807, 2.05) is 63.2 Å². The summed E-state index contributed by atoms with van der Waals surface area (Å²) in [6.45, 7) is 5.99. The molecular weight excluding hydrogens is 513 g/mol. The molecule has 1 fully saturated rings. The zero-order chi connectivity index (χ0) is 27.7. The van der Waals surface area contributed by atoms with Gasteiger partial charge in [-0.1, -0.05) is 12.1 Å². The lowest BCUT2D eigenvalue weighted by Crippen LogP contribution is -2.29. The average molecular weight is 544 g/mol. The Kier molecular flexibility index (Phi) is 7.45. The second-order valence-corrected chi connectivity index (χ2v) is 10.0. The molecule has 4 aromatic rings. The number of benzene rings is 2. The van der Waals surface area contributed by atoms with Gasteiger partial charge in [-0.3, -0.25) is 9.78 Å². The Morgan fingerprint density at radius 2 is 1.90 bits per heavy atom. The van der Waals surface area contributed by atoms with E-state index in [9.17, 15) is 9.18 Å². The Bertz CT molecular complexity index is 1540. The maximum atomic E-state index is 14.1. The Balaban J connectivity index is 1.61. The number of methoxy groups -OCH3 is 1. The molecule has 0 bridgehead atoms. The molecule has 1 aliphatic rings. The molecule has 7 nitrogen and oxygen atoms in total. The van der Waals surface area contributed by atoms with Crippen molar-refractivity contribution in [1.29, 1.82) is 0 Å². The lowest BCUT2D eigenvalue weighted by molar-refractivity contribution is -0.119. The summed E-state index contributed by atoms with van der Waals surface area (Å²) < 4.78 is 21.1. The Hall–Kier alpha value is -4.08. The van der Waals surface area contributed by atoms with Crippen LogP contribution in [0.5, 0.6) is 0 Å². The topological polar surface area (TPSA) is 71.4 Å².